The van der Waals surface area contributed by atoms with E-state index in [-0.39, 0.29) is 5.63 Å². The van der Waals surface area contributed by atoms with Gasteiger partial charge in [-0.1, -0.05) is 0 Å². The molecule has 3 aromatic heterocycles. The van der Waals surface area contributed by atoms with Crippen molar-refractivity contribution in [1.29, 1.82) is 0 Å². The molecule has 28 heavy (non-hydrogen) atoms. The molecular weight excluding hydrogens is 354 g/mol. The predicted molar refractivity (Wildman–Crippen MR) is 109 cm³/mol. The van der Waals surface area contributed by atoms with Gasteiger partial charge in [-0.3, -0.25) is 4.98 Å². The van der Waals surface area contributed by atoms with Gasteiger partial charge in [-0.2, -0.15) is 0 Å². The van der Waals surface area contributed by atoms with E-state index in [2.05, 4.69) is 33.2 Å². The van der Waals surface area contributed by atoms with Gasteiger partial charge in [0, 0.05) is 61.4 Å². The van der Waals surface area contributed by atoms with Gasteiger partial charge in [0.05, 0.1) is 17.0 Å². The molecular formula is C21H21N5O2. The number of rotatable bonds is 2. The quantitative estimate of drug-likeness (QED) is 0.543. The smallest absolute Gasteiger partial charge is 0.345 e. The van der Waals surface area contributed by atoms with Gasteiger partial charge in [0.2, 0.25) is 0 Å². The number of aromatic nitrogens is 3. The van der Waals surface area contributed by atoms with Crippen LogP contribution in [0.15, 0.2) is 52.1 Å². The molecule has 1 saturated heterocycles. The summed E-state index contributed by atoms with van der Waals surface area (Å²) in [6.07, 6.45) is 5.37. The third kappa shape index (κ3) is 2.84. The second-order valence-corrected chi connectivity index (χ2v) is 7.34. The second-order valence-electron chi connectivity index (χ2n) is 7.34. The van der Waals surface area contributed by atoms with Crippen LogP contribution in [-0.2, 0) is 0 Å². The third-order valence-corrected chi connectivity index (χ3v) is 5.28. The summed E-state index contributed by atoms with van der Waals surface area (Å²) in [7, 11) is 0. The van der Waals surface area contributed by atoms with Crippen LogP contribution in [0.5, 0.6) is 0 Å². The maximum absolute atomic E-state index is 12.7. The molecule has 0 radical (unpaired) electrons. The average Bonchev–Trinajstić information content (AvgIpc) is 3.12. The maximum Gasteiger partial charge on any atom is 0.345 e. The van der Waals surface area contributed by atoms with Crippen LogP contribution in [0.4, 0.5) is 5.69 Å². The summed E-state index contributed by atoms with van der Waals surface area (Å²) in [5, 5.41) is 4.32. The van der Waals surface area contributed by atoms with Gasteiger partial charge in [0.15, 0.2) is 5.65 Å². The first-order valence-corrected chi connectivity index (χ1v) is 9.45. The summed E-state index contributed by atoms with van der Waals surface area (Å²) < 4.78 is 7.54. The molecule has 1 N–H and O–H groups in total. The Morgan fingerprint density at radius 1 is 1.29 bits per heavy atom. The highest BCUT2D eigenvalue weighted by Crippen LogP contribution is 2.26. The lowest BCUT2D eigenvalue weighted by Gasteiger charge is -2.33. The predicted octanol–water partition coefficient (Wildman–Crippen LogP) is 2.61. The zero-order valence-corrected chi connectivity index (χ0v) is 15.8. The van der Waals surface area contributed by atoms with Crippen molar-refractivity contribution in [3.63, 3.8) is 0 Å². The highest BCUT2D eigenvalue weighted by molar-refractivity contribution is 5.84. The van der Waals surface area contributed by atoms with Gasteiger partial charge in [-0.05, 0) is 32.0 Å². The minimum Gasteiger partial charge on any atom is -0.422 e. The number of fused-ring (bicyclic) bond motifs is 2. The zero-order valence-electron chi connectivity index (χ0n) is 15.8. The number of nitrogens with zero attached hydrogens (tertiary/aromatic N) is 4. The fraction of sp³-hybridized carbons (Fsp3) is 0.286. The fourth-order valence-corrected chi connectivity index (χ4v) is 3.82. The Kier molecular flexibility index (Phi) is 3.91. The molecule has 1 fully saturated rings. The SMILES string of the molecule is Cc1nccn2cc(-c3cc4ccc(N5CCNC(C)C5)cc4oc3=O)nc12. The Bertz CT molecular complexity index is 1240. The molecule has 4 aromatic rings. The summed E-state index contributed by atoms with van der Waals surface area (Å²) in [6, 6.07) is 8.34. The summed E-state index contributed by atoms with van der Waals surface area (Å²) >= 11 is 0. The van der Waals surface area contributed by atoms with Crippen molar-refractivity contribution in [2.75, 3.05) is 24.5 Å². The Labute approximate surface area is 161 Å². The average molecular weight is 375 g/mol. The minimum absolute atomic E-state index is 0.382. The van der Waals surface area contributed by atoms with Crippen LogP contribution in [0, 0.1) is 6.92 Å². The molecule has 7 heteroatoms. The summed E-state index contributed by atoms with van der Waals surface area (Å²) in [6.45, 7) is 6.89. The molecule has 4 heterocycles. The number of piperazine rings is 1. The molecule has 1 aliphatic rings. The molecule has 1 aliphatic heterocycles. The third-order valence-electron chi connectivity index (χ3n) is 5.28. The Hall–Kier alpha value is -3.19. The largest absolute Gasteiger partial charge is 0.422 e. The maximum atomic E-state index is 12.7. The van der Waals surface area contributed by atoms with Gasteiger partial charge in [0.25, 0.3) is 0 Å². The minimum atomic E-state index is -0.382. The summed E-state index contributed by atoms with van der Waals surface area (Å²) in [5.41, 5.74) is 3.89. The van der Waals surface area contributed by atoms with E-state index in [1.165, 1.54) is 0 Å². The molecule has 0 spiro atoms. The summed E-state index contributed by atoms with van der Waals surface area (Å²) in [5.74, 6) is 0. The number of benzene rings is 1. The van der Waals surface area contributed by atoms with Gasteiger partial charge >= 0.3 is 5.63 Å². The second kappa shape index (κ2) is 6.45. The lowest BCUT2D eigenvalue weighted by molar-refractivity contribution is 0.484. The van der Waals surface area contributed by atoms with E-state index >= 15 is 0 Å². The number of hydrogen-bond donors (Lipinski definition) is 1. The van der Waals surface area contributed by atoms with E-state index in [0.717, 1.165) is 42.0 Å². The normalized spacial score (nSPS) is 17.5. The first-order chi connectivity index (χ1) is 13.6. The standard InChI is InChI=1S/C21H21N5O2/c1-13-11-25(7-5-22-13)16-4-3-15-9-17(21(27)28-19(15)10-16)18-12-26-8-6-23-14(2)20(26)24-18/h3-4,6,8-10,12-13,22H,5,7,11H2,1-2H3. The Morgan fingerprint density at radius 3 is 3.00 bits per heavy atom. The van der Waals surface area contributed by atoms with E-state index in [1.54, 1.807) is 6.20 Å². The topological polar surface area (TPSA) is 75.7 Å². The van der Waals surface area contributed by atoms with E-state index in [1.807, 2.05) is 41.9 Å². The number of aryl methyl sites for hydroxylation is 1. The number of imidazole rings is 1. The number of hydrogen-bond acceptors (Lipinski definition) is 6. The molecule has 0 bridgehead atoms. The van der Waals surface area contributed by atoms with Crippen molar-refractivity contribution in [2.45, 2.75) is 19.9 Å². The zero-order chi connectivity index (χ0) is 19.3. The highest BCUT2D eigenvalue weighted by Gasteiger charge is 2.17. The first-order valence-electron chi connectivity index (χ1n) is 9.45. The highest BCUT2D eigenvalue weighted by atomic mass is 16.4. The van der Waals surface area contributed by atoms with Crippen LogP contribution in [0.3, 0.4) is 0 Å². The van der Waals surface area contributed by atoms with Gasteiger partial charge in [0.1, 0.15) is 5.58 Å². The molecule has 1 unspecified atom stereocenters. The monoisotopic (exact) mass is 375 g/mol. The van der Waals surface area contributed by atoms with Crippen LogP contribution >= 0.6 is 0 Å². The van der Waals surface area contributed by atoms with Crippen LogP contribution in [0.25, 0.3) is 27.9 Å². The lowest BCUT2D eigenvalue weighted by atomic mass is 10.1. The number of nitrogens with one attached hydrogen (secondary N) is 1. The molecule has 5 rings (SSSR count). The lowest BCUT2D eigenvalue weighted by Crippen LogP contribution is -2.49. The van der Waals surface area contributed by atoms with Crippen molar-refractivity contribution >= 4 is 22.3 Å². The fourth-order valence-electron chi connectivity index (χ4n) is 3.82. The van der Waals surface area contributed by atoms with Crippen molar-refractivity contribution in [1.82, 2.24) is 19.7 Å². The molecule has 7 nitrogen and oxygen atoms in total. The van der Waals surface area contributed by atoms with Crippen LogP contribution < -0.4 is 15.8 Å². The molecule has 0 amide bonds. The Morgan fingerprint density at radius 2 is 2.18 bits per heavy atom. The first kappa shape index (κ1) is 16.9. The van der Waals surface area contributed by atoms with Crippen LogP contribution in [0.1, 0.15) is 12.6 Å². The molecule has 1 atom stereocenters. The van der Waals surface area contributed by atoms with E-state index in [4.69, 9.17) is 4.42 Å². The van der Waals surface area contributed by atoms with Gasteiger partial charge in [-0.15, -0.1) is 0 Å². The molecule has 0 saturated carbocycles. The van der Waals surface area contributed by atoms with Crippen molar-refractivity contribution in [3.8, 4) is 11.3 Å². The van der Waals surface area contributed by atoms with Crippen LogP contribution in [0.2, 0.25) is 0 Å². The molecule has 0 aliphatic carbocycles. The summed E-state index contributed by atoms with van der Waals surface area (Å²) in [4.78, 5) is 23.8. The Balaban J connectivity index is 1.57. The van der Waals surface area contributed by atoms with Gasteiger partial charge < -0.3 is 19.0 Å². The van der Waals surface area contributed by atoms with Crippen molar-refractivity contribution < 1.29 is 4.42 Å². The van der Waals surface area contributed by atoms with E-state index < -0.39 is 0 Å². The van der Waals surface area contributed by atoms with Crippen molar-refractivity contribution in [2.24, 2.45) is 0 Å². The molecule has 1 aromatic carbocycles. The van der Waals surface area contributed by atoms with E-state index in [9.17, 15) is 4.79 Å². The van der Waals surface area contributed by atoms with E-state index in [0.29, 0.717) is 22.9 Å². The van der Waals surface area contributed by atoms with Crippen molar-refractivity contribution in [3.05, 3.63) is 59.0 Å². The molecule has 142 valence electrons. The number of anilines is 1. The van der Waals surface area contributed by atoms with Gasteiger partial charge in [-0.25, -0.2) is 9.78 Å². The van der Waals surface area contributed by atoms with Crippen LogP contribution in [-0.4, -0.2) is 40.0 Å².